The molecule has 0 radical (unpaired) electrons. The highest BCUT2D eigenvalue weighted by atomic mass is 16.1. The number of unbranched alkanes of at least 4 members (excludes halogenated alkanes) is 1. The minimum Gasteiger partial charge on any atom is -0.299 e. The van der Waals surface area contributed by atoms with Crippen molar-refractivity contribution in [1.29, 1.82) is 0 Å². The third kappa shape index (κ3) is 60.3. The first kappa shape index (κ1) is 56.4. The molecule has 0 bridgehead atoms. The molecule has 0 aromatic carbocycles. The molecule has 0 N–H and O–H groups in total. The van der Waals surface area contributed by atoms with Crippen LogP contribution >= 0.6 is 0 Å². The summed E-state index contributed by atoms with van der Waals surface area (Å²) in [5.41, 5.74) is 0. The molecule has 0 rings (SSSR count). The summed E-state index contributed by atoms with van der Waals surface area (Å²) in [5.74, 6) is 7.36. The Morgan fingerprint density at radius 1 is 0.292 bits per heavy atom. The quantitative estimate of drug-likeness (QED) is 0.120. The van der Waals surface area contributed by atoms with Crippen molar-refractivity contribution in [3.05, 3.63) is 0 Å². The van der Waals surface area contributed by atoms with E-state index in [1.807, 2.05) is 41.5 Å². The molecule has 0 spiro atoms. The fraction of sp³-hybridized carbons (Fsp3) is 0.933. The summed E-state index contributed by atoms with van der Waals surface area (Å²) < 4.78 is 0. The van der Waals surface area contributed by atoms with Crippen molar-refractivity contribution in [1.82, 2.24) is 0 Å². The van der Waals surface area contributed by atoms with E-state index in [2.05, 4.69) is 96.9 Å². The molecular weight excluding hydrogens is 588 g/mol. The van der Waals surface area contributed by atoms with Crippen molar-refractivity contribution in [2.75, 3.05) is 0 Å². The number of hydrogen-bond acceptors (Lipinski definition) is 3. The lowest BCUT2D eigenvalue weighted by Crippen LogP contribution is -2.09. The van der Waals surface area contributed by atoms with Gasteiger partial charge in [0.05, 0.1) is 0 Å². The zero-order valence-electron chi connectivity index (χ0n) is 37.0. The van der Waals surface area contributed by atoms with E-state index in [0.29, 0.717) is 29.2 Å². The molecule has 0 heterocycles. The summed E-state index contributed by atoms with van der Waals surface area (Å²) in [5, 5.41) is 0. The Bertz CT molecular complexity index is 677. The molecule has 0 aliphatic heterocycles. The van der Waals surface area contributed by atoms with Gasteiger partial charge in [0.1, 0.15) is 17.3 Å². The van der Waals surface area contributed by atoms with E-state index in [0.717, 1.165) is 61.7 Å². The predicted molar refractivity (Wildman–Crippen MR) is 219 cm³/mol. The third-order valence-electron chi connectivity index (χ3n) is 7.85. The predicted octanol–water partition coefficient (Wildman–Crippen LogP) is 14.9. The van der Waals surface area contributed by atoms with Crippen LogP contribution in [-0.4, -0.2) is 17.3 Å². The summed E-state index contributed by atoms with van der Waals surface area (Å²) >= 11 is 0. The molecule has 292 valence electrons. The molecule has 0 unspecified atom stereocenters. The van der Waals surface area contributed by atoms with Crippen LogP contribution in [0.4, 0.5) is 0 Å². The van der Waals surface area contributed by atoms with Gasteiger partial charge in [0.2, 0.25) is 0 Å². The average Bonchev–Trinajstić information content (AvgIpc) is 2.93. The first-order chi connectivity index (χ1) is 21.9. The molecule has 0 fully saturated rings. The van der Waals surface area contributed by atoms with Crippen LogP contribution in [0.5, 0.6) is 0 Å². The molecule has 3 heteroatoms. The Hall–Kier alpha value is -0.990. The summed E-state index contributed by atoms with van der Waals surface area (Å²) in [6, 6.07) is 0. The van der Waals surface area contributed by atoms with Gasteiger partial charge in [-0.05, 0) is 54.3 Å². The lowest BCUT2D eigenvalue weighted by Gasteiger charge is -2.05. The van der Waals surface area contributed by atoms with Gasteiger partial charge in [0.25, 0.3) is 0 Å². The maximum absolute atomic E-state index is 11.2. The molecule has 3 nitrogen and oxygen atoms in total. The number of carbonyl (C=O) groups is 3. The van der Waals surface area contributed by atoms with Gasteiger partial charge < -0.3 is 0 Å². The third-order valence-corrected chi connectivity index (χ3v) is 7.85. The van der Waals surface area contributed by atoms with Crippen LogP contribution < -0.4 is 0 Å². The second-order valence-corrected chi connectivity index (χ2v) is 18.1. The summed E-state index contributed by atoms with van der Waals surface area (Å²) in [7, 11) is 0. The van der Waals surface area contributed by atoms with Crippen molar-refractivity contribution >= 4 is 17.3 Å². The van der Waals surface area contributed by atoms with E-state index in [4.69, 9.17) is 0 Å². The zero-order valence-corrected chi connectivity index (χ0v) is 37.0. The van der Waals surface area contributed by atoms with E-state index in [9.17, 15) is 14.4 Å². The highest BCUT2D eigenvalue weighted by molar-refractivity contribution is 5.81. The number of rotatable bonds is 20. The minimum atomic E-state index is 0.215. The van der Waals surface area contributed by atoms with Crippen LogP contribution in [0.1, 0.15) is 216 Å². The Balaban J connectivity index is -0.000000162. The van der Waals surface area contributed by atoms with Crippen LogP contribution in [0.15, 0.2) is 0 Å². The SMILES string of the molecule is CC(C)CC(=O)C(C)C.CC(C)CCC(=O)C(C)C.CC(C)CCC(C)C.CC(C)CCCC(C)C.CC(C)CCCCC(=O)C(C)C. The lowest BCUT2D eigenvalue weighted by molar-refractivity contribution is -0.123. The van der Waals surface area contributed by atoms with Gasteiger partial charge in [-0.2, -0.15) is 0 Å². The normalized spacial score (nSPS) is 11.1. The van der Waals surface area contributed by atoms with Crippen molar-refractivity contribution in [3.8, 4) is 0 Å². The number of Topliss-reactive ketones (excluding diaryl/α,β-unsaturated/α-hetero) is 3. The van der Waals surface area contributed by atoms with Gasteiger partial charge >= 0.3 is 0 Å². The van der Waals surface area contributed by atoms with Crippen LogP contribution in [0, 0.1) is 59.2 Å². The molecule has 0 aliphatic carbocycles. The maximum Gasteiger partial charge on any atom is 0.135 e. The Morgan fingerprint density at radius 2 is 0.583 bits per heavy atom. The topological polar surface area (TPSA) is 51.2 Å². The first-order valence-electron chi connectivity index (χ1n) is 20.4. The van der Waals surface area contributed by atoms with Gasteiger partial charge in [-0.25, -0.2) is 0 Å². The highest BCUT2D eigenvalue weighted by Crippen LogP contribution is 2.12. The average molecular weight is 683 g/mol. The maximum atomic E-state index is 11.2. The van der Waals surface area contributed by atoms with Gasteiger partial charge in [0.15, 0.2) is 0 Å². The number of hydrogen-bond donors (Lipinski definition) is 0. The fourth-order valence-corrected chi connectivity index (χ4v) is 4.10. The number of carbonyl (C=O) groups excluding carboxylic acids is 3. The van der Waals surface area contributed by atoms with E-state index in [1.54, 1.807) is 0 Å². The molecule has 0 aromatic heterocycles. The smallest absolute Gasteiger partial charge is 0.135 e. The molecule has 0 aliphatic rings. The zero-order chi connectivity index (χ0) is 39.0. The van der Waals surface area contributed by atoms with Gasteiger partial charge in [-0.15, -0.1) is 0 Å². The molecule has 0 atom stereocenters. The standard InChI is InChI=1S/C11H22O.C9H18O.C9H20.C8H16O.C8H18/c1-9(2)7-5-6-8-11(12)10(3)4;1-7(2)5-6-9(10)8(3)4;1-8(2)6-5-7-9(3)4;1-6(2)5-8(9)7(3)4;1-7(2)5-6-8(3)4/h9-10H,5-8H2,1-4H3;7-8H,5-6H2,1-4H3;8-9H,5-7H2,1-4H3;6-7H,5H2,1-4H3;7-8H,5-6H2,1-4H3. The van der Waals surface area contributed by atoms with Gasteiger partial charge in [-0.1, -0.05) is 183 Å². The fourth-order valence-electron chi connectivity index (χ4n) is 4.10. The van der Waals surface area contributed by atoms with Crippen molar-refractivity contribution in [2.24, 2.45) is 59.2 Å². The molecule has 0 saturated carbocycles. The molecule has 0 saturated heterocycles. The van der Waals surface area contributed by atoms with E-state index in [-0.39, 0.29) is 17.8 Å². The van der Waals surface area contributed by atoms with Crippen molar-refractivity contribution < 1.29 is 14.4 Å². The number of ketones is 3. The van der Waals surface area contributed by atoms with Crippen LogP contribution in [0.2, 0.25) is 0 Å². The second-order valence-electron chi connectivity index (χ2n) is 18.1. The summed E-state index contributed by atoms with van der Waals surface area (Å²) in [4.78, 5) is 33.2. The lowest BCUT2D eigenvalue weighted by atomic mass is 9.99. The molecule has 48 heavy (non-hydrogen) atoms. The van der Waals surface area contributed by atoms with Gasteiger partial charge in [-0.3, -0.25) is 14.4 Å². The molecule has 0 aromatic rings. The van der Waals surface area contributed by atoms with E-state index >= 15 is 0 Å². The van der Waals surface area contributed by atoms with Crippen molar-refractivity contribution in [2.45, 2.75) is 216 Å². The van der Waals surface area contributed by atoms with Crippen molar-refractivity contribution in [3.63, 3.8) is 0 Å². The highest BCUT2D eigenvalue weighted by Gasteiger charge is 2.09. The van der Waals surface area contributed by atoms with Crippen LogP contribution in [0.25, 0.3) is 0 Å². The monoisotopic (exact) mass is 683 g/mol. The van der Waals surface area contributed by atoms with Crippen LogP contribution in [0.3, 0.4) is 0 Å². The Kier molecular flexibility index (Phi) is 43.8. The summed E-state index contributed by atoms with van der Waals surface area (Å²) in [6.07, 6.45) is 13.8. The second kappa shape index (κ2) is 37.3. The summed E-state index contributed by atoms with van der Waals surface area (Å²) in [6.45, 7) is 42.9. The Morgan fingerprint density at radius 3 is 0.833 bits per heavy atom. The van der Waals surface area contributed by atoms with Crippen LogP contribution in [-0.2, 0) is 14.4 Å². The van der Waals surface area contributed by atoms with Gasteiger partial charge in [0, 0.05) is 37.0 Å². The molecular formula is C45H94O3. The molecule has 0 amide bonds. The Labute approximate surface area is 305 Å². The largest absolute Gasteiger partial charge is 0.299 e. The minimum absolute atomic E-state index is 0.215. The van der Waals surface area contributed by atoms with E-state index in [1.165, 1.54) is 44.9 Å². The first-order valence-corrected chi connectivity index (χ1v) is 20.4. The van der Waals surface area contributed by atoms with E-state index < -0.39 is 0 Å².